The Kier molecular flexibility index (Phi) is 6.13. The van der Waals surface area contributed by atoms with Crippen LogP contribution in [0.25, 0.3) is 0 Å². The van der Waals surface area contributed by atoms with Crippen molar-refractivity contribution in [3.63, 3.8) is 0 Å². The van der Waals surface area contributed by atoms with Crippen molar-refractivity contribution >= 4 is 0 Å². The first-order valence-electron chi connectivity index (χ1n) is 11.1. The van der Waals surface area contributed by atoms with Gasteiger partial charge in [-0.15, -0.1) is 0 Å². The van der Waals surface area contributed by atoms with Crippen LogP contribution in [0.3, 0.4) is 0 Å². The molecule has 0 aromatic heterocycles. The van der Waals surface area contributed by atoms with Crippen molar-refractivity contribution in [2.45, 2.75) is 84.5 Å². The molecule has 0 bridgehead atoms. The van der Waals surface area contributed by atoms with Gasteiger partial charge in [0.25, 0.3) is 0 Å². The Labute approximate surface area is 166 Å². The maximum absolute atomic E-state index is 11.5. The lowest BCUT2D eigenvalue weighted by Crippen LogP contribution is -2.54. The number of nitrogens with two attached hydrogens (primary N) is 1. The molecule has 0 aromatic carbocycles. The van der Waals surface area contributed by atoms with Crippen LogP contribution < -0.4 is 11.1 Å². The largest absolute Gasteiger partial charge is 0.393 e. The van der Waals surface area contributed by atoms with Crippen LogP contribution >= 0.6 is 0 Å². The molecular weight excluding hydrogens is 336 g/mol. The average molecular weight is 379 g/mol. The van der Waals surface area contributed by atoms with Crippen molar-refractivity contribution in [1.29, 1.82) is 0 Å². The number of hydrogen-bond acceptors (Lipinski definition) is 4. The van der Waals surface area contributed by atoms with Crippen molar-refractivity contribution in [2.24, 2.45) is 40.2 Å². The number of aliphatic hydroxyl groups excluding tert-OH is 2. The van der Waals surface area contributed by atoms with Crippen LogP contribution in [0.5, 0.6) is 0 Å². The van der Waals surface area contributed by atoms with Crippen molar-refractivity contribution in [3.8, 4) is 0 Å². The number of rotatable bonds is 5. The maximum Gasteiger partial charge on any atom is 0.0610 e. The standard InChI is InChI=1S/C23H42N2O2/c1-14(2)12-25-13-16-10-17(26)6-8-23(16,5)18-7-9-22(4)15(3)20(24)11-19(22)21(18)27/h14,16-21,25-27H,3,6-13,24H2,1-2,4-5H3/t16-,17+,18?,19?,20?,21-,22-,23+/m1/s1. The third-order valence-corrected chi connectivity index (χ3v) is 8.60. The summed E-state index contributed by atoms with van der Waals surface area (Å²) in [5.74, 6) is 1.54. The van der Waals surface area contributed by atoms with E-state index in [4.69, 9.17) is 5.73 Å². The van der Waals surface area contributed by atoms with Gasteiger partial charge >= 0.3 is 0 Å². The van der Waals surface area contributed by atoms with Gasteiger partial charge in [0.15, 0.2) is 0 Å². The second kappa shape index (κ2) is 7.78. The highest BCUT2D eigenvalue weighted by Gasteiger charge is 2.58. The molecule has 5 N–H and O–H groups in total. The molecule has 3 saturated carbocycles. The van der Waals surface area contributed by atoms with E-state index in [1.165, 1.54) is 0 Å². The van der Waals surface area contributed by atoms with E-state index in [0.29, 0.717) is 11.8 Å². The Morgan fingerprint density at radius 1 is 1.15 bits per heavy atom. The fraction of sp³-hybridized carbons (Fsp3) is 0.913. The Morgan fingerprint density at radius 2 is 1.85 bits per heavy atom. The van der Waals surface area contributed by atoms with Crippen LogP contribution in [0, 0.1) is 34.5 Å². The van der Waals surface area contributed by atoms with E-state index in [2.05, 4.69) is 39.6 Å². The molecule has 27 heavy (non-hydrogen) atoms. The summed E-state index contributed by atoms with van der Waals surface area (Å²) in [7, 11) is 0. The lowest BCUT2D eigenvalue weighted by atomic mass is 9.52. The summed E-state index contributed by atoms with van der Waals surface area (Å²) < 4.78 is 0. The fourth-order valence-electron chi connectivity index (χ4n) is 6.57. The van der Waals surface area contributed by atoms with E-state index in [0.717, 1.165) is 57.2 Å². The molecule has 3 rings (SSSR count). The fourth-order valence-corrected chi connectivity index (χ4v) is 6.57. The Morgan fingerprint density at radius 3 is 2.52 bits per heavy atom. The monoisotopic (exact) mass is 378 g/mol. The number of fused-ring (bicyclic) bond motifs is 1. The van der Waals surface area contributed by atoms with Crippen LogP contribution in [0.4, 0.5) is 0 Å². The molecule has 0 saturated heterocycles. The smallest absolute Gasteiger partial charge is 0.0610 e. The van der Waals surface area contributed by atoms with Crippen molar-refractivity contribution in [3.05, 3.63) is 12.2 Å². The molecule has 3 unspecified atom stereocenters. The molecule has 0 aliphatic heterocycles. The third kappa shape index (κ3) is 3.75. The molecule has 4 heteroatoms. The quantitative estimate of drug-likeness (QED) is 0.555. The lowest BCUT2D eigenvalue weighted by Gasteiger charge is -2.55. The molecule has 3 aliphatic carbocycles. The van der Waals surface area contributed by atoms with Gasteiger partial charge in [-0.25, -0.2) is 0 Å². The number of aliphatic hydroxyl groups is 2. The van der Waals surface area contributed by atoms with Gasteiger partial charge < -0.3 is 21.3 Å². The molecule has 0 radical (unpaired) electrons. The first kappa shape index (κ1) is 21.3. The van der Waals surface area contributed by atoms with Crippen LogP contribution in [-0.4, -0.2) is 41.6 Å². The van der Waals surface area contributed by atoms with E-state index < -0.39 is 0 Å². The predicted octanol–water partition coefficient (Wildman–Crippen LogP) is 3.08. The topological polar surface area (TPSA) is 78.5 Å². The van der Waals surface area contributed by atoms with Crippen molar-refractivity contribution < 1.29 is 10.2 Å². The van der Waals surface area contributed by atoms with Crippen LogP contribution in [0.15, 0.2) is 12.2 Å². The van der Waals surface area contributed by atoms with E-state index >= 15 is 0 Å². The van der Waals surface area contributed by atoms with Gasteiger partial charge in [0, 0.05) is 6.04 Å². The van der Waals surface area contributed by atoms with Crippen LogP contribution in [0.2, 0.25) is 0 Å². The van der Waals surface area contributed by atoms with Crippen LogP contribution in [-0.2, 0) is 0 Å². The molecule has 0 aromatic rings. The van der Waals surface area contributed by atoms with Crippen LogP contribution in [0.1, 0.15) is 66.2 Å². The second-order valence-electron chi connectivity index (χ2n) is 10.7. The molecule has 3 aliphatic rings. The SMILES string of the molecule is C=C1C(N)CC2[C@H](O)C([C@@]3(C)CC[C@H](O)C[C@@H]3CNCC(C)C)CC[C@]12C. The zero-order valence-corrected chi connectivity index (χ0v) is 17.9. The first-order valence-corrected chi connectivity index (χ1v) is 11.1. The summed E-state index contributed by atoms with van der Waals surface area (Å²) in [6.45, 7) is 15.3. The van der Waals surface area contributed by atoms with E-state index in [1.54, 1.807) is 0 Å². The predicted molar refractivity (Wildman–Crippen MR) is 111 cm³/mol. The summed E-state index contributed by atoms with van der Waals surface area (Å²) in [5.41, 5.74) is 7.53. The molecule has 3 fully saturated rings. The molecule has 156 valence electrons. The second-order valence-corrected chi connectivity index (χ2v) is 10.7. The summed E-state index contributed by atoms with van der Waals surface area (Å²) in [5, 5.41) is 25.4. The number of nitrogens with one attached hydrogen (secondary N) is 1. The van der Waals surface area contributed by atoms with Gasteiger partial charge in [0.2, 0.25) is 0 Å². The van der Waals surface area contributed by atoms with Gasteiger partial charge in [-0.1, -0.05) is 39.8 Å². The Hall–Kier alpha value is -0.420. The normalized spacial score (nSPS) is 48.1. The van der Waals surface area contributed by atoms with Gasteiger partial charge in [-0.05, 0) is 86.1 Å². The highest BCUT2D eigenvalue weighted by atomic mass is 16.3. The van der Waals surface area contributed by atoms with Crippen molar-refractivity contribution in [2.75, 3.05) is 13.1 Å². The van der Waals surface area contributed by atoms with E-state index in [1.807, 2.05) is 0 Å². The lowest BCUT2D eigenvalue weighted by molar-refractivity contribution is -0.118. The van der Waals surface area contributed by atoms with Gasteiger partial charge in [-0.2, -0.15) is 0 Å². The van der Waals surface area contributed by atoms with Crippen molar-refractivity contribution in [1.82, 2.24) is 5.32 Å². The van der Waals surface area contributed by atoms with Gasteiger partial charge in [0.1, 0.15) is 0 Å². The highest BCUT2D eigenvalue weighted by molar-refractivity contribution is 5.26. The molecule has 8 atom stereocenters. The molecule has 4 nitrogen and oxygen atoms in total. The Bertz CT molecular complexity index is 550. The molecule has 0 heterocycles. The zero-order valence-electron chi connectivity index (χ0n) is 17.9. The third-order valence-electron chi connectivity index (χ3n) is 8.60. The minimum atomic E-state index is -0.318. The van der Waals surface area contributed by atoms with Gasteiger partial charge in [0.05, 0.1) is 12.2 Å². The van der Waals surface area contributed by atoms with E-state index in [-0.39, 0.29) is 40.9 Å². The maximum atomic E-state index is 11.5. The molecule has 0 spiro atoms. The average Bonchev–Trinajstić information content (AvgIpc) is 2.83. The molecule has 0 amide bonds. The summed E-state index contributed by atoms with van der Waals surface area (Å²) in [4.78, 5) is 0. The number of hydrogen-bond donors (Lipinski definition) is 4. The minimum absolute atomic E-state index is 0.00867. The van der Waals surface area contributed by atoms with E-state index in [9.17, 15) is 10.2 Å². The zero-order chi connectivity index (χ0) is 20.0. The minimum Gasteiger partial charge on any atom is -0.393 e. The highest BCUT2D eigenvalue weighted by Crippen LogP contribution is 2.60. The van der Waals surface area contributed by atoms with Gasteiger partial charge in [-0.3, -0.25) is 0 Å². The Balaban J connectivity index is 1.78. The summed E-state index contributed by atoms with van der Waals surface area (Å²) in [6.07, 6.45) is 5.16. The molecular formula is C23H42N2O2. The first-order chi connectivity index (χ1) is 12.6. The summed E-state index contributed by atoms with van der Waals surface area (Å²) in [6, 6.07) is 0.0258. The summed E-state index contributed by atoms with van der Waals surface area (Å²) >= 11 is 0.